The fourth-order valence-corrected chi connectivity index (χ4v) is 2.88. The van der Waals surface area contributed by atoms with E-state index in [1.165, 1.54) is 0 Å². The highest BCUT2D eigenvalue weighted by Crippen LogP contribution is 2.23. The van der Waals surface area contributed by atoms with E-state index < -0.39 is 10.8 Å². The van der Waals surface area contributed by atoms with Crippen LogP contribution < -0.4 is 5.32 Å². The second-order valence-electron chi connectivity index (χ2n) is 5.88. The lowest BCUT2D eigenvalue weighted by atomic mass is 10.1. The van der Waals surface area contributed by atoms with Gasteiger partial charge in [-0.25, -0.2) is 9.97 Å². The van der Waals surface area contributed by atoms with Crippen LogP contribution >= 0.6 is 0 Å². The Morgan fingerprint density at radius 2 is 2.27 bits per heavy atom. The Kier molecular flexibility index (Phi) is 6.28. The first-order valence-electron chi connectivity index (χ1n) is 7.71. The van der Waals surface area contributed by atoms with E-state index in [2.05, 4.69) is 34.0 Å². The molecule has 0 spiro atoms. The quantitative estimate of drug-likeness (QED) is 0.851. The minimum atomic E-state index is -0.802. The van der Waals surface area contributed by atoms with Crippen LogP contribution in [0.3, 0.4) is 0 Å². The Bertz CT molecular complexity index is 524. The van der Waals surface area contributed by atoms with E-state index in [1.54, 1.807) is 6.26 Å². The van der Waals surface area contributed by atoms with Crippen LogP contribution in [0.4, 0.5) is 5.82 Å². The molecule has 1 aliphatic heterocycles. The summed E-state index contributed by atoms with van der Waals surface area (Å²) in [6.45, 7) is 9.47. The summed E-state index contributed by atoms with van der Waals surface area (Å²) in [6.07, 6.45) is 1.69. The minimum Gasteiger partial charge on any atom is -0.369 e. The highest BCUT2D eigenvalue weighted by atomic mass is 32.2. The van der Waals surface area contributed by atoms with Gasteiger partial charge in [-0.15, -0.1) is 0 Å². The van der Waals surface area contributed by atoms with Crippen molar-refractivity contribution in [2.45, 2.75) is 32.9 Å². The lowest BCUT2D eigenvalue weighted by Gasteiger charge is -2.35. The molecule has 124 valence electrons. The first kappa shape index (κ1) is 17.3. The molecule has 1 saturated heterocycles. The second-order valence-corrected chi connectivity index (χ2v) is 7.43. The second kappa shape index (κ2) is 7.99. The summed E-state index contributed by atoms with van der Waals surface area (Å²) in [5, 5.41) is 3.22. The molecule has 0 amide bonds. The molecule has 2 atom stereocenters. The van der Waals surface area contributed by atoms with Gasteiger partial charge in [0.2, 0.25) is 0 Å². The van der Waals surface area contributed by atoms with Gasteiger partial charge in [-0.05, 0) is 20.8 Å². The topological polar surface area (TPSA) is 67.4 Å². The van der Waals surface area contributed by atoms with E-state index in [0.717, 1.165) is 37.0 Å². The highest BCUT2D eigenvalue weighted by Gasteiger charge is 2.25. The first-order valence-corrected chi connectivity index (χ1v) is 9.43. The monoisotopic (exact) mass is 326 g/mol. The third-order valence-corrected chi connectivity index (χ3v) is 4.49. The van der Waals surface area contributed by atoms with Crippen molar-refractivity contribution in [2.75, 3.05) is 43.6 Å². The molecule has 0 aliphatic carbocycles. The summed E-state index contributed by atoms with van der Waals surface area (Å²) >= 11 is 0. The molecule has 22 heavy (non-hydrogen) atoms. The molecule has 7 heteroatoms. The summed E-state index contributed by atoms with van der Waals surface area (Å²) in [5.41, 5.74) is 0.915. The Morgan fingerprint density at radius 1 is 1.50 bits per heavy atom. The summed E-state index contributed by atoms with van der Waals surface area (Å²) in [7, 11) is -0.802. The van der Waals surface area contributed by atoms with E-state index in [9.17, 15) is 4.21 Å². The summed E-state index contributed by atoms with van der Waals surface area (Å²) < 4.78 is 17.0. The van der Waals surface area contributed by atoms with Crippen LogP contribution in [0.25, 0.3) is 0 Å². The van der Waals surface area contributed by atoms with Crippen LogP contribution in [0.2, 0.25) is 0 Å². The Hall–Kier alpha value is -1.05. The molecule has 1 N–H and O–H groups in total. The Balaban J connectivity index is 2.06. The number of morpholine rings is 1. The fourth-order valence-electron chi connectivity index (χ4n) is 2.49. The maximum atomic E-state index is 11.1. The summed E-state index contributed by atoms with van der Waals surface area (Å²) in [6, 6.07) is 2.45. The van der Waals surface area contributed by atoms with Gasteiger partial charge < -0.3 is 10.1 Å². The van der Waals surface area contributed by atoms with Crippen LogP contribution in [0, 0.1) is 6.92 Å². The molecule has 0 radical (unpaired) electrons. The van der Waals surface area contributed by atoms with Crippen molar-refractivity contribution in [3.63, 3.8) is 0 Å². The van der Waals surface area contributed by atoms with Gasteiger partial charge in [0.15, 0.2) is 0 Å². The zero-order chi connectivity index (χ0) is 16.1. The normalized spacial score (nSPS) is 21.0. The van der Waals surface area contributed by atoms with Crippen LogP contribution in [0.1, 0.15) is 31.5 Å². The van der Waals surface area contributed by atoms with Gasteiger partial charge in [0.05, 0.1) is 12.3 Å². The third kappa shape index (κ3) is 5.00. The van der Waals surface area contributed by atoms with Crippen molar-refractivity contribution >= 4 is 16.6 Å². The maximum Gasteiger partial charge on any atom is 0.130 e. The molecule has 1 aliphatic rings. The molecular weight excluding hydrogens is 300 g/mol. The number of anilines is 1. The predicted octanol–water partition coefficient (Wildman–Crippen LogP) is 1.36. The molecular formula is C15H26N4O2S. The molecule has 1 aromatic heterocycles. The van der Waals surface area contributed by atoms with Crippen molar-refractivity contribution in [3.05, 3.63) is 17.6 Å². The minimum absolute atomic E-state index is 0.0151. The number of nitrogens with zero attached hydrogens (tertiary/aromatic N) is 3. The number of hydrogen-bond acceptors (Lipinski definition) is 6. The van der Waals surface area contributed by atoms with Crippen LogP contribution in [-0.4, -0.2) is 63.4 Å². The van der Waals surface area contributed by atoms with Crippen LogP contribution in [-0.2, 0) is 15.5 Å². The third-order valence-electron chi connectivity index (χ3n) is 3.71. The maximum absolute atomic E-state index is 11.1. The van der Waals surface area contributed by atoms with E-state index in [4.69, 9.17) is 4.74 Å². The van der Waals surface area contributed by atoms with Gasteiger partial charge in [0.1, 0.15) is 17.7 Å². The van der Waals surface area contributed by atoms with Crippen LogP contribution in [0.5, 0.6) is 0 Å². The first-order chi connectivity index (χ1) is 10.5. The summed E-state index contributed by atoms with van der Waals surface area (Å²) in [4.78, 5) is 11.3. The lowest BCUT2D eigenvalue weighted by Crippen LogP contribution is -2.42. The van der Waals surface area contributed by atoms with E-state index in [-0.39, 0.29) is 6.10 Å². The van der Waals surface area contributed by atoms with Gasteiger partial charge in [-0.3, -0.25) is 9.11 Å². The van der Waals surface area contributed by atoms with Gasteiger partial charge in [0.25, 0.3) is 0 Å². The molecule has 6 nitrogen and oxygen atoms in total. The Labute approximate surface area is 135 Å². The number of aryl methyl sites for hydroxylation is 1. The number of rotatable bonds is 6. The zero-order valence-electron chi connectivity index (χ0n) is 13.8. The van der Waals surface area contributed by atoms with E-state index in [1.807, 2.05) is 13.0 Å². The van der Waals surface area contributed by atoms with Gasteiger partial charge in [-0.2, -0.15) is 0 Å². The van der Waals surface area contributed by atoms with Crippen molar-refractivity contribution in [1.82, 2.24) is 14.9 Å². The lowest BCUT2D eigenvalue weighted by molar-refractivity contribution is -0.0422. The zero-order valence-corrected chi connectivity index (χ0v) is 14.7. The Morgan fingerprint density at radius 3 is 2.95 bits per heavy atom. The molecule has 0 saturated carbocycles. The summed E-state index contributed by atoms with van der Waals surface area (Å²) in [5.74, 6) is 2.11. The number of hydrogen-bond donors (Lipinski definition) is 1. The van der Waals surface area contributed by atoms with Crippen molar-refractivity contribution in [2.24, 2.45) is 0 Å². The van der Waals surface area contributed by atoms with Gasteiger partial charge >= 0.3 is 0 Å². The van der Waals surface area contributed by atoms with Crippen LogP contribution in [0.15, 0.2) is 6.07 Å². The number of aromatic nitrogens is 2. The molecule has 0 aromatic carbocycles. The molecule has 2 rings (SSSR count). The smallest absolute Gasteiger partial charge is 0.130 e. The fraction of sp³-hybridized carbons (Fsp3) is 0.733. The number of ether oxygens (including phenoxy) is 1. The molecule has 1 fully saturated rings. The van der Waals surface area contributed by atoms with Gasteiger partial charge in [-0.1, -0.05) is 0 Å². The molecule has 0 bridgehead atoms. The van der Waals surface area contributed by atoms with Crippen molar-refractivity contribution in [3.8, 4) is 0 Å². The number of nitrogens with one attached hydrogen (secondary N) is 1. The molecule has 0 unspecified atom stereocenters. The molecule has 2 heterocycles. The standard InChI is InChI=1S/C15H26N4O2S/c1-11(2)19-6-7-21-14(10-19)13-9-15(18-12(3)17-13)16-5-8-22(4)20/h9,11,14H,5-8,10H2,1-4H3,(H,16,17,18)/t14-,22+/m1/s1. The van der Waals surface area contributed by atoms with E-state index >= 15 is 0 Å². The predicted molar refractivity (Wildman–Crippen MR) is 89.6 cm³/mol. The SMILES string of the molecule is Cc1nc(NCC[S@](C)=O)cc([C@H]2CN(C(C)C)CCO2)n1. The average Bonchev–Trinajstić information content (AvgIpc) is 2.46. The van der Waals surface area contributed by atoms with Crippen molar-refractivity contribution in [1.29, 1.82) is 0 Å². The van der Waals surface area contributed by atoms with Crippen molar-refractivity contribution < 1.29 is 8.95 Å². The highest BCUT2D eigenvalue weighted by molar-refractivity contribution is 7.84. The van der Waals surface area contributed by atoms with Gasteiger partial charge in [0, 0.05) is 54.6 Å². The largest absolute Gasteiger partial charge is 0.369 e. The average molecular weight is 326 g/mol. The molecule has 1 aromatic rings. The van der Waals surface area contributed by atoms with E-state index in [0.29, 0.717) is 18.3 Å².